The molecular formula is C26H46O2. The second kappa shape index (κ2) is 7.88. The van der Waals surface area contributed by atoms with Gasteiger partial charge in [-0.15, -0.1) is 0 Å². The zero-order valence-corrected chi connectivity index (χ0v) is 19.0. The highest BCUT2D eigenvalue weighted by Gasteiger charge is 2.60. The molecule has 2 heteroatoms. The summed E-state index contributed by atoms with van der Waals surface area (Å²) in [6.45, 7) is 9.72. The van der Waals surface area contributed by atoms with Crippen LogP contribution >= 0.6 is 0 Å². The van der Waals surface area contributed by atoms with Crippen molar-refractivity contribution in [2.75, 3.05) is 0 Å². The van der Waals surface area contributed by atoms with Crippen molar-refractivity contribution >= 4 is 0 Å². The third-order valence-corrected chi connectivity index (χ3v) is 10.5. The SMILES string of the molecule is CC(C)CCC(O)CC1CCC2[C@@H]3CCC4C[C@@H](O)CCC4(C)C3CCC12C. The second-order valence-electron chi connectivity index (χ2n) is 12.3. The predicted octanol–water partition coefficient (Wildman–Crippen LogP) is 6.19. The van der Waals surface area contributed by atoms with Crippen molar-refractivity contribution in [2.24, 2.45) is 46.3 Å². The summed E-state index contributed by atoms with van der Waals surface area (Å²) in [6, 6.07) is 0. The maximum absolute atomic E-state index is 10.7. The molecule has 7 unspecified atom stereocenters. The number of hydrogen-bond acceptors (Lipinski definition) is 2. The van der Waals surface area contributed by atoms with Gasteiger partial charge in [0.1, 0.15) is 0 Å². The first-order chi connectivity index (χ1) is 13.2. The highest BCUT2D eigenvalue weighted by Crippen LogP contribution is 2.67. The monoisotopic (exact) mass is 390 g/mol. The fourth-order valence-corrected chi connectivity index (χ4v) is 8.70. The molecule has 4 saturated carbocycles. The number of fused-ring (bicyclic) bond motifs is 5. The normalized spacial score (nSPS) is 49.4. The van der Waals surface area contributed by atoms with E-state index in [2.05, 4.69) is 27.7 Å². The van der Waals surface area contributed by atoms with Crippen LogP contribution in [0, 0.1) is 46.3 Å². The van der Waals surface area contributed by atoms with Crippen LogP contribution in [0.5, 0.6) is 0 Å². The van der Waals surface area contributed by atoms with Gasteiger partial charge in [0.15, 0.2) is 0 Å². The van der Waals surface area contributed by atoms with Crippen LogP contribution in [-0.2, 0) is 0 Å². The Morgan fingerprint density at radius 1 is 0.857 bits per heavy atom. The van der Waals surface area contributed by atoms with Crippen LogP contribution in [-0.4, -0.2) is 22.4 Å². The summed E-state index contributed by atoms with van der Waals surface area (Å²) < 4.78 is 0. The lowest BCUT2D eigenvalue weighted by Crippen LogP contribution is -2.54. The van der Waals surface area contributed by atoms with Crippen molar-refractivity contribution in [2.45, 2.75) is 117 Å². The Morgan fingerprint density at radius 3 is 2.32 bits per heavy atom. The van der Waals surface area contributed by atoms with E-state index in [1.54, 1.807) is 0 Å². The first-order valence-electron chi connectivity index (χ1n) is 12.6. The molecule has 4 fully saturated rings. The first kappa shape index (κ1) is 21.2. The van der Waals surface area contributed by atoms with Gasteiger partial charge in [-0.1, -0.05) is 27.7 Å². The van der Waals surface area contributed by atoms with E-state index in [0.29, 0.717) is 16.7 Å². The molecule has 0 bridgehead atoms. The highest BCUT2D eigenvalue weighted by molar-refractivity contribution is 5.09. The summed E-state index contributed by atoms with van der Waals surface area (Å²) >= 11 is 0. The molecule has 162 valence electrons. The Bertz CT molecular complexity index is 545. The predicted molar refractivity (Wildman–Crippen MR) is 116 cm³/mol. The van der Waals surface area contributed by atoms with Gasteiger partial charge in [-0.3, -0.25) is 0 Å². The van der Waals surface area contributed by atoms with Gasteiger partial charge in [-0.25, -0.2) is 0 Å². The maximum Gasteiger partial charge on any atom is 0.0543 e. The van der Waals surface area contributed by atoms with Crippen LogP contribution in [0.1, 0.15) is 105 Å². The fraction of sp³-hybridized carbons (Fsp3) is 1.00. The van der Waals surface area contributed by atoms with Gasteiger partial charge < -0.3 is 10.2 Å². The van der Waals surface area contributed by atoms with Crippen LogP contribution in [0.4, 0.5) is 0 Å². The molecular weight excluding hydrogens is 344 g/mol. The fourth-order valence-electron chi connectivity index (χ4n) is 8.70. The molecule has 4 aliphatic carbocycles. The minimum atomic E-state index is -0.0891. The number of rotatable bonds is 5. The molecule has 2 nitrogen and oxygen atoms in total. The molecule has 4 aliphatic rings. The van der Waals surface area contributed by atoms with Crippen LogP contribution in [0.15, 0.2) is 0 Å². The van der Waals surface area contributed by atoms with Crippen molar-refractivity contribution in [1.29, 1.82) is 0 Å². The van der Waals surface area contributed by atoms with E-state index in [-0.39, 0.29) is 12.2 Å². The average molecular weight is 391 g/mol. The van der Waals surface area contributed by atoms with Crippen molar-refractivity contribution in [3.63, 3.8) is 0 Å². The van der Waals surface area contributed by atoms with Crippen molar-refractivity contribution in [3.05, 3.63) is 0 Å². The molecule has 0 radical (unpaired) electrons. The third kappa shape index (κ3) is 3.59. The number of aliphatic hydroxyl groups excluding tert-OH is 2. The van der Waals surface area contributed by atoms with Crippen LogP contribution < -0.4 is 0 Å². The van der Waals surface area contributed by atoms with E-state index < -0.39 is 0 Å². The van der Waals surface area contributed by atoms with Crippen LogP contribution in [0.25, 0.3) is 0 Å². The number of hydrogen-bond donors (Lipinski definition) is 2. The lowest BCUT2D eigenvalue weighted by Gasteiger charge is -2.61. The molecule has 28 heavy (non-hydrogen) atoms. The Balaban J connectivity index is 1.45. The molecule has 4 rings (SSSR count). The maximum atomic E-state index is 10.7. The smallest absolute Gasteiger partial charge is 0.0543 e. The van der Waals surface area contributed by atoms with E-state index >= 15 is 0 Å². The van der Waals surface area contributed by atoms with Crippen molar-refractivity contribution in [3.8, 4) is 0 Å². The van der Waals surface area contributed by atoms with Gasteiger partial charge in [0, 0.05) is 0 Å². The minimum absolute atomic E-state index is 0.0355. The summed E-state index contributed by atoms with van der Waals surface area (Å²) in [5, 5.41) is 20.9. The summed E-state index contributed by atoms with van der Waals surface area (Å²) in [5.41, 5.74) is 0.954. The highest BCUT2D eigenvalue weighted by atomic mass is 16.3. The lowest BCUT2D eigenvalue weighted by atomic mass is 9.44. The zero-order chi connectivity index (χ0) is 20.1. The molecule has 0 saturated heterocycles. The third-order valence-electron chi connectivity index (χ3n) is 10.5. The largest absolute Gasteiger partial charge is 0.393 e. The molecule has 0 heterocycles. The first-order valence-corrected chi connectivity index (χ1v) is 12.6. The van der Waals surface area contributed by atoms with E-state index in [4.69, 9.17) is 0 Å². The van der Waals surface area contributed by atoms with E-state index in [9.17, 15) is 10.2 Å². The quantitative estimate of drug-likeness (QED) is 0.587. The molecule has 0 spiro atoms. The molecule has 0 amide bonds. The van der Waals surface area contributed by atoms with Gasteiger partial charge >= 0.3 is 0 Å². The van der Waals surface area contributed by atoms with Gasteiger partial charge in [-0.2, -0.15) is 0 Å². The van der Waals surface area contributed by atoms with Gasteiger partial charge in [0.2, 0.25) is 0 Å². The minimum Gasteiger partial charge on any atom is -0.393 e. The molecule has 0 aliphatic heterocycles. The molecule has 0 aromatic carbocycles. The zero-order valence-electron chi connectivity index (χ0n) is 19.0. The average Bonchev–Trinajstić information content (AvgIpc) is 2.97. The standard InChI is InChI=1S/C26H46O2/c1-17(2)5-8-20(27)15-19-7-10-23-22-9-6-18-16-21(28)11-13-25(18,3)24(22)12-14-26(19,23)4/h17-24,27-28H,5-16H2,1-4H3/t18?,19?,20?,21-,22-,23?,24?,25?,26?/m0/s1. The van der Waals surface area contributed by atoms with Crippen LogP contribution in [0.2, 0.25) is 0 Å². The number of aliphatic hydroxyl groups is 2. The van der Waals surface area contributed by atoms with Crippen molar-refractivity contribution in [1.82, 2.24) is 0 Å². The van der Waals surface area contributed by atoms with Gasteiger partial charge in [0.05, 0.1) is 12.2 Å². The van der Waals surface area contributed by atoms with Gasteiger partial charge in [-0.05, 0) is 123 Å². The molecule has 0 aromatic rings. The topological polar surface area (TPSA) is 40.5 Å². The second-order valence-corrected chi connectivity index (χ2v) is 12.3. The van der Waals surface area contributed by atoms with Crippen molar-refractivity contribution < 1.29 is 10.2 Å². The summed E-state index contributed by atoms with van der Waals surface area (Å²) in [7, 11) is 0. The van der Waals surface area contributed by atoms with E-state index in [1.165, 1.54) is 44.9 Å². The van der Waals surface area contributed by atoms with E-state index in [1.807, 2.05) is 0 Å². The Kier molecular flexibility index (Phi) is 5.95. The van der Waals surface area contributed by atoms with E-state index in [0.717, 1.165) is 61.7 Å². The Hall–Kier alpha value is -0.0800. The lowest BCUT2D eigenvalue weighted by molar-refractivity contribution is -0.128. The molecule has 0 aromatic heterocycles. The van der Waals surface area contributed by atoms with Crippen LogP contribution in [0.3, 0.4) is 0 Å². The van der Waals surface area contributed by atoms with Gasteiger partial charge in [0.25, 0.3) is 0 Å². The Morgan fingerprint density at radius 2 is 1.57 bits per heavy atom. The summed E-state index contributed by atoms with van der Waals surface area (Å²) in [4.78, 5) is 0. The summed E-state index contributed by atoms with van der Waals surface area (Å²) in [5.74, 6) is 4.88. The Labute approximate surface area is 173 Å². The molecule has 2 N–H and O–H groups in total. The molecule has 9 atom stereocenters. The summed E-state index contributed by atoms with van der Waals surface area (Å²) in [6.07, 6.45) is 14.7.